The minimum atomic E-state index is -0.693. The molecule has 1 aliphatic carbocycles. The maximum absolute atomic E-state index is 12.5. The second kappa shape index (κ2) is 6.16. The summed E-state index contributed by atoms with van der Waals surface area (Å²) in [6.07, 6.45) is 6.08. The molecule has 2 nitrogen and oxygen atoms in total. The van der Waals surface area contributed by atoms with Crippen LogP contribution in [0.1, 0.15) is 50.2 Å². The molecule has 1 fully saturated rings. The third-order valence-corrected chi connectivity index (χ3v) is 4.27. The molecule has 0 saturated heterocycles. The Balaban J connectivity index is 2.31. The highest BCUT2D eigenvalue weighted by atomic mass is 16.3. The van der Waals surface area contributed by atoms with Crippen LogP contribution in [0.5, 0.6) is 0 Å². The predicted octanol–water partition coefficient (Wildman–Crippen LogP) is 3.82. The van der Waals surface area contributed by atoms with E-state index in [2.05, 4.69) is 6.58 Å². The molecule has 0 bridgehead atoms. The number of allylic oxidation sites excluding steroid dienone is 1. The number of hydrogen-bond acceptors (Lipinski definition) is 2. The molecule has 1 aromatic carbocycles. The van der Waals surface area contributed by atoms with E-state index in [-0.39, 0.29) is 5.78 Å². The first kappa shape index (κ1) is 14.0. The van der Waals surface area contributed by atoms with E-state index in [1.807, 2.05) is 30.3 Å². The lowest BCUT2D eigenvalue weighted by atomic mass is 9.65. The van der Waals surface area contributed by atoms with Gasteiger partial charge in [-0.25, -0.2) is 0 Å². The van der Waals surface area contributed by atoms with Gasteiger partial charge in [-0.05, 0) is 18.4 Å². The second-order valence-electron chi connectivity index (χ2n) is 5.45. The van der Waals surface area contributed by atoms with Crippen molar-refractivity contribution >= 4 is 5.78 Å². The van der Waals surface area contributed by atoms with Crippen molar-refractivity contribution in [3.05, 3.63) is 48.6 Å². The van der Waals surface area contributed by atoms with E-state index < -0.39 is 11.5 Å². The van der Waals surface area contributed by atoms with E-state index in [9.17, 15) is 9.90 Å². The van der Waals surface area contributed by atoms with Crippen molar-refractivity contribution in [2.45, 2.75) is 44.6 Å². The van der Waals surface area contributed by atoms with E-state index in [0.29, 0.717) is 6.42 Å². The highest BCUT2D eigenvalue weighted by Crippen LogP contribution is 2.47. The van der Waals surface area contributed by atoms with Crippen molar-refractivity contribution in [3.63, 3.8) is 0 Å². The summed E-state index contributed by atoms with van der Waals surface area (Å²) in [5, 5.41) is 10.7. The van der Waals surface area contributed by atoms with Crippen LogP contribution in [0.3, 0.4) is 0 Å². The summed E-state index contributed by atoms with van der Waals surface area (Å²) in [6.45, 7) is 3.66. The van der Waals surface area contributed by atoms with Gasteiger partial charge in [0, 0.05) is 6.42 Å². The Labute approximate surface area is 115 Å². The number of ketones is 1. The molecule has 0 radical (unpaired) electrons. The standard InChI is InChI=1S/C17H22O2/c1-2-9-15(18)17(12-7-4-8-13-17)16(19)14-10-5-3-6-11-14/h2-3,5-6,10-11,16,19H,1,4,7-9,12-13H2. The van der Waals surface area contributed by atoms with Crippen LogP contribution in [0.2, 0.25) is 0 Å². The number of hydrogen-bond donors (Lipinski definition) is 1. The number of Topliss-reactive ketones (excluding diaryl/α,β-unsaturated/α-hetero) is 1. The van der Waals surface area contributed by atoms with Gasteiger partial charge in [-0.15, -0.1) is 6.58 Å². The molecule has 0 heterocycles. The van der Waals surface area contributed by atoms with Crippen LogP contribution in [-0.4, -0.2) is 10.9 Å². The molecular formula is C17H22O2. The van der Waals surface area contributed by atoms with Crippen molar-refractivity contribution < 1.29 is 9.90 Å². The second-order valence-corrected chi connectivity index (χ2v) is 5.45. The Hall–Kier alpha value is -1.41. The zero-order chi connectivity index (χ0) is 13.7. The molecule has 1 saturated carbocycles. The minimum Gasteiger partial charge on any atom is -0.387 e. The molecule has 1 unspecified atom stereocenters. The van der Waals surface area contributed by atoms with Crippen molar-refractivity contribution in [1.82, 2.24) is 0 Å². The number of carbonyl (C=O) groups is 1. The summed E-state index contributed by atoms with van der Waals surface area (Å²) in [7, 11) is 0. The summed E-state index contributed by atoms with van der Waals surface area (Å²) >= 11 is 0. The Bertz CT molecular complexity index is 430. The quantitative estimate of drug-likeness (QED) is 0.815. The molecular weight excluding hydrogens is 236 g/mol. The first-order valence-electron chi connectivity index (χ1n) is 7.08. The largest absolute Gasteiger partial charge is 0.387 e. The molecule has 2 rings (SSSR count). The minimum absolute atomic E-state index is 0.138. The number of benzene rings is 1. The van der Waals surface area contributed by atoms with Gasteiger partial charge >= 0.3 is 0 Å². The summed E-state index contributed by atoms with van der Waals surface area (Å²) in [4.78, 5) is 12.5. The van der Waals surface area contributed by atoms with Gasteiger partial charge in [0.1, 0.15) is 5.78 Å². The molecule has 0 spiro atoms. The summed E-state index contributed by atoms with van der Waals surface area (Å²) < 4.78 is 0. The van der Waals surface area contributed by atoms with Gasteiger partial charge < -0.3 is 5.11 Å². The summed E-state index contributed by atoms with van der Waals surface area (Å²) in [5.74, 6) is 0.138. The number of carbonyl (C=O) groups excluding carboxylic acids is 1. The molecule has 2 heteroatoms. The van der Waals surface area contributed by atoms with Crippen molar-refractivity contribution in [2.24, 2.45) is 5.41 Å². The molecule has 19 heavy (non-hydrogen) atoms. The summed E-state index contributed by atoms with van der Waals surface area (Å²) in [5.41, 5.74) is 0.246. The first-order chi connectivity index (χ1) is 9.20. The smallest absolute Gasteiger partial charge is 0.145 e. The van der Waals surface area contributed by atoms with Crippen LogP contribution in [0.15, 0.2) is 43.0 Å². The van der Waals surface area contributed by atoms with Gasteiger partial charge in [-0.1, -0.05) is 55.7 Å². The van der Waals surface area contributed by atoms with E-state index >= 15 is 0 Å². The van der Waals surface area contributed by atoms with E-state index in [1.54, 1.807) is 6.08 Å². The number of rotatable bonds is 5. The Kier molecular flexibility index (Phi) is 4.54. The van der Waals surface area contributed by atoms with E-state index in [4.69, 9.17) is 0 Å². The highest BCUT2D eigenvalue weighted by Gasteiger charge is 2.45. The van der Waals surface area contributed by atoms with Crippen LogP contribution < -0.4 is 0 Å². The average molecular weight is 258 g/mol. The zero-order valence-corrected chi connectivity index (χ0v) is 11.3. The van der Waals surface area contributed by atoms with Crippen LogP contribution in [0.25, 0.3) is 0 Å². The summed E-state index contributed by atoms with van der Waals surface area (Å²) in [6, 6.07) is 9.56. The Morgan fingerprint density at radius 3 is 2.47 bits per heavy atom. The molecule has 1 aliphatic rings. The fraction of sp³-hybridized carbons (Fsp3) is 0.471. The van der Waals surface area contributed by atoms with Crippen molar-refractivity contribution in [2.75, 3.05) is 0 Å². The Morgan fingerprint density at radius 2 is 1.89 bits per heavy atom. The normalized spacial score (nSPS) is 19.6. The zero-order valence-electron chi connectivity index (χ0n) is 11.3. The third-order valence-electron chi connectivity index (χ3n) is 4.27. The lowest BCUT2D eigenvalue weighted by molar-refractivity contribution is -0.138. The van der Waals surface area contributed by atoms with Gasteiger partial charge in [-0.2, -0.15) is 0 Å². The fourth-order valence-corrected chi connectivity index (χ4v) is 3.18. The maximum atomic E-state index is 12.5. The highest BCUT2D eigenvalue weighted by molar-refractivity contribution is 5.86. The van der Waals surface area contributed by atoms with E-state index in [1.165, 1.54) is 0 Å². The van der Waals surface area contributed by atoms with Gasteiger partial charge in [0.15, 0.2) is 0 Å². The number of aliphatic hydroxyl groups is 1. The molecule has 0 aromatic heterocycles. The third kappa shape index (κ3) is 2.79. The van der Waals surface area contributed by atoms with Gasteiger partial charge in [0.05, 0.1) is 11.5 Å². The van der Waals surface area contributed by atoms with Crippen LogP contribution in [0, 0.1) is 5.41 Å². The fourth-order valence-electron chi connectivity index (χ4n) is 3.18. The lowest BCUT2D eigenvalue weighted by Gasteiger charge is -2.40. The Morgan fingerprint density at radius 1 is 1.26 bits per heavy atom. The molecule has 0 aliphatic heterocycles. The number of aliphatic hydroxyl groups excluding tert-OH is 1. The molecule has 1 N–H and O–H groups in total. The lowest BCUT2D eigenvalue weighted by Crippen LogP contribution is -2.39. The molecule has 102 valence electrons. The molecule has 1 atom stereocenters. The van der Waals surface area contributed by atoms with E-state index in [0.717, 1.165) is 37.7 Å². The van der Waals surface area contributed by atoms with Gasteiger partial charge in [0.25, 0.3) is 0 Å². The van der Waals surface area contributed by atoms with Crippen molar-refractivity contribution in [1.29, 1.82) is 0 Å². The topological polar surface area (TPSA) is 37.3 Å². The molecule has 0 amide bonds. The van der Waals surface area contributed by atoms with Crippen LogP contribution in [-0.2, 0) is 4.79 Å². The van der Waals surface area contributed by atoms with Crippen LogP contribution in [0.4, 0.5) is 0 Å². The monoisotopic (exact) mass is 258 g/mol. The SMILES string of the molecule is C=CCC(=O)C1(C(O)c2ccccc2)CCCCC1. The van der Waals surface area contributed by atoms with Gasteiger partial charge in [-0.3, -0.25) is 4.79 Å². The van der Waals surface area contributed by atoms with Gasteiger partial charge in [0.2, 0.25) is 0 Å². The van der Waals surface area contributed by atoms with Crippen molar-refractivity contribution in [3.8, 4) is 0 Å². The van der Waals surface area contributed by atoms with Crippen LogP contribution >= 0.6 is 0 Å². The predicted molar refractivity (Wildman–Crippen MR) is 76.7 cm³/mol. The maximum Gasteiger partial charge on any atom is 0.145 e. The first-order valence-corrected chi connectivity index (χ1v) is 7.08. The molecule has 1 aromatic rings. The average Bonchev–Trinajstić information content (AvgIpc) is 2.48.